The second-order valence-electron chi connectivity index (χ2n) is 5.44. The molecule has 0 radical (unpaired) electrons. The quantitative estimate of drug-likeness (QED) is 0.813. The highest BCUT2D eigenvalue weighted by molar-refractivity contribution is 6.52. The van der Waals surface area contributed by atoms with Gasteiger partial charge in [-0.1, -0.05) is 38.2 Å². The molecule has 1 aliphatic rings. The molecule has 0 saturated heterocycles. The number of hydrogen-bond donors (Lipinski definition) is 2. The van der Waals surface area contributed by atoms with Crippen molar-refractivity contribution in [3.8, 4) is 0 Å². The van der Waals surface area contributed by atoms with E-state index >= 15 is 0 Å². The Kier molecular flexibility index (Phi) is 4.82. The molecule has 4 nitrogen and oxygen atoms in total. The van der Waals surface area contributed by atoms with Gasteiger partial charge in [-0.3, -0.25) is 9.78 Å². The summed E-state index contributed by atoms with van der Waals surface area (Å²) in [7, 11) is 0.755. The van der Waals surface area contributed by atoms with Crippen LogP contribution in [0, 0.1) is 5.92 Å². The lowest BCUT2D eigenvalue weighted by atomic mass is 9.74. The van der Waals surface area contributed by atoms with Gasteiger partial charge in [0.15, 0.2) is 7.28 Å². The number of nitrogens with zero attached hydrogens (tertiary/aromatic N) is 1. The molecule has 106 valence electrons. The van der Waals surface area contributed by atoms with Crippen LogP contribution in [0.25, 0.3) is 6.08 Å². The van der Waals surface area contributed by atoms with Crippen molar-refractivity contribution < 1.29 is 4.79 Å². The second-order valence-corrected chi connectivity index (χ2v) is 5.44. The minimum absolute atomic E-state index is 0.177. The molecule has 0 aromatic carbocycles. The van der Waals surface area contributed by atoms with Gasteiger partial charge >= 0.3 is 0 Å². The van der Waals surface area contributed by atoms with Crippen molar-refractivity contribution in [3.63, 3.8) is 0 Å². The first-order chi connectivity index (χ1) is 9.61. The van der Waals surface area contributed by atoms with Gasteiger partial charge < -0.3 is 11.5 Å². The average Bonchev–Trinajstić information content (AvgIpc) is 2.46. The molecule has 4 N–H and O–H groups in total. The molecule has 5 heteroatoms. The van der Waals surface area contributed by atoms with Gasteiger partial charge in [0, 0.05) is 5.59 Å². The van der Waals surface area contributed by atoms with E-state index in [-0.39, 0.29) is 5.69 Å². The standard InChI is InChI=1S/C15H22BN3O/c1-16-14-11(8-7-10-5-3-2-4-6-10)9-12(17)13(19-14)15(18)20/h7-10,16H,2-6,17H2,1H3,(H2,18,20)/b8-7+. The number of primary amides is 1. The Labute approximate surface area is 120 Å². The summed E-state index contributed by atoms with van der Waals surface area (Å²) < 4.78 is 0. The largest absolute Gasteiger partial charge is 0.397 e. The second kappa shape index (κ2) is 6.59. The smallest absolute Gasteiger partial charge is 0.269 e. The van der Waals surface area contributed by atoms with Crippen LogP contribution in [-0.2, 0) is 0 Å². The minimum Gasteiger partial charge on any atom is -0.397 e. The van der Waals surface area contributed by atoms with E-state index in [0.717, 1.165) is 18.4 Å². The fraction of sp³-hybridized carbons (Fsp3) is 0.467. The number of hydrogen-bond acceptors (Lipinski definition) is 3. The molecule has 1 heterocycles. The Morgan fingerprint density at radius 2 is 2.10 bits per heavy atom. The molecule has 0 spiro atoms. The van der Waals surface area contributed by atoms with Crippen LogP contribution >= 0.6 is 0 Å². The summed E-state index contributed by atoms with van der Waals surface area (Å²) in [6.07, 6.45) is 10.9. The number of carbonyl (C=O) groups is 1. The van der Waals surface area contributed by atoms with Crippen molar-refractivity contribution in [2.75, 3.05) is 5.73 Å². The first-order valence-electron chi connectivity index (χ1n) is 7.39. The molecule has 1 fully saturated rings. The van der Waals surface area contributed by atoms with Crippen LogP contribution in [0.1, 0.15) is 48.2 Å². The van der Waals surface area contributed by atoms with Crippen molar-refractivity contribution in [1.82, 2.24) is 4.98 Å². The molecule has 1 saturated carbocycles. The van der Waals surface area contributed by atoms with Gasteiger partial charge in [-0.15, -0.1) is 0 Å². The Morgan fingerprint density at radius 1 is 1.40 bits per heavy atom. The predicted octanol–water partition coefficient (Wildman–Crippen LogP) is 1.47. The van der Waals surface area contributed by atoms with Crippen LogP contribution in [-0.4, -0.2) is 18.2 Å². The van der Waals surface area contributed by atoms with Crippen molar-refractivity contribution in [3.05, 3.63) is 23.4 Å². The summed E-state index contributed by atoms with van der Waals surface area (Å²) >= 11 is 0. The summed E-state index contributed by atoms with van der Waals surface area (Å²) in [6, 6.07) is 1.81. The number of aromatic nitrogens is 1. The van der Waals surface area contributed by atoms with Crippen molar-refractivity contribution in [2.24, 2.45) is 11.7 Å². The lowest BCUT2D eigenvalue weighted by Gasteiger charge is -2.18. The van der Waals surface area contributed by atoms with Crippen LogP contribution in [0.3, 0.4) is 0 Å². The van der Waals surface area contributed by atoms with E-state index < -0.39 is 5.91 Å². The maximum atomic E-state index is 11.3. The number of allylic oxidation sites excluding steroid dienone is 1. The molecular formula is C15H22BN3O. The lowest BCUT2D eigenvalue weighted by Crippen LogP contribution is -2.26. The molecule has 0 atom stereocenters. The van der Waals surface area contributed by atoms with Gasteiger partial charge in [-0.2, -0.15) is 0 Å². The zero-order valence-corrected chi connectivity index (χ0v) is 12.1. The lowest BCUT2D eigenvalue weighted by molar-refractivity contribution is 0.0996. The van der Waals surface area contributed by atoms with E-state index in [0.29, 0.717) is 11.6 Å². The van der Waals surface area contributed by atoms with Gasteiger partial charge in [0.1, 0.15) is 5.69 Å². The normalized spacial score (nSPS) is 16.4. The Morgan fingerprint density at radius 3 is 2.70 bits per heavy atom. The highest BCUT2D eigenvalue weighted by Crippen LogP contribution is 2.25. The predicted molar refractivity (Wildman–Crippen MR) is 85.4 cm³/mol. The summed E-state index contributed by atoms with van der Waals surface area (Å²) in [5.41, 5.74) is 13.5. The third-order valence-electron chi connectivity index (χ3n) is 3.93. The first kappa shape index (κ1) is 14.6. The number of carbonyl (C=O) groups excluding carboxylic acids is 1. The van der Waals surface area contributed by atoms with Crippen molar-refractivity contribution >= 4 is 30.5 Å². The molecule has 0 aliphatic heterocycles. The summed E-state index contributed by atoms with van der Waals surface area (Å²) in [5.74, 6) is 0.0884. The van der Waals surface area contributed by atoms with Crippen LogP contribution in [0.4, 0.5) is 5.69 Å². The Hall–Kier alpha value is -1.78. The van der Waals surface area contributed by atoms with E-state index in [2.05, 4.69) is 17.1 Å². The zero-order valence-electron chi connectivity index (χ0n) is 12.1. The van der Waals surface area contributed by atoms with Crippen LogP contribution in [0.5, 0.6) is 0 Å². The molecule has 0 unspecified atom stereocenters. The number of nitrogen functional groups attached to an aromatic ring is 1. The third-order valence-corrected chi connectivity index (χ3v) is 3.93. The molecule has 1 aliphatic carbocycles. The number of pyridine rings is 1. The highest BCUT2D eigenvalue weighted by atomic mass is 16.1. The molecular weight excluding hydrogens is 249 g/mol. The number of nitrogens with two attached hydrogens (primary N) is 2. The van der Waals surface area contributed by atoms with E-state index in [4.69, 9.17) is 11.5 Å². The fourth-order valence-electron chi connectivity index (χ4n) is 2.77. The SMILES string of the molecule is CBc1nc(C(N)=O)c(N)cc1/C=C/C1CCCCC1. The van der Waals surface area contributed by atoms with Crippen LogP contribution in [0.15, 0.2) is 12.1 Å². The van der Waals surface area contributed by atoms with Gasteiger partial charge in [0.05, 0.1) is 5.69 Å². The summed E-state index contributed by atoms with van der Waals surface area (Å²) in [5, 5.41) is 0. The number of anilines is 1. The maximum absolute atomic E-state index is 11.3. The number of rotatable bonds is 4. The highest BCUT2D eigenvalue weighted by Gasteiger charge is 2.13. The number of amides is 1. The minimum atomic E-state index is -0.569. The van der Waals surface area contributed by atoms with E-state index in [1.807, 2.05) is 12.9 Å². The Balaban J connectivity index is 2.24. The third kappa shape index (κ3) is 3.41. The average molecular weight is 271 g/mol. The molecule has 20 heavy (non-hydrogen) atoms. The van der Waals surface area contributed by atoms with E-state index in [9.17, 15) is 4.79 Å². The first-order valence-corrected chi connectivity index (χ1v) is 7.39. The van der Waals surface area contributed by atoms with Crippen LogP contribution < -0.4 is 17.1 Å². The van der Waals surface area contributed by atoms with Gasteiger partial charge in [0.25, 0.3) is 5.91 Å². The topological polar surface area (TPSA) is 82.0 Å². The maximum Gasteiger partial charge on any atom is 0.269 e. The molecule has 1 aromatic heterocycles. The van der Waals surface area contributed by atoms with Gasteiger partial charge in [-0.05, 0) is 30.4 Å². The van der Waals surface area contributed by atoms with Crippen LogP contribution in [0.2, 0.25) is 6.82 Å². The molecule has 0 bridgehead atoms. The van der Waals surface area contributed by atoms with Crippen molar-refractivity contribution in [1.29, 1.82) is 0 Å². The molecule has 1 aromatic rings. The summed E-state index contributed by atoms with van der Waals surface area (Å²) in [4.78, 5) is 15.6. The fourth-order valence-corrected chi connectivity index (χ4v) is 2.77. The van der Waals surface area contributed by atoms with E-state index in [1.165, 1.54) is 32.1 Å². The summed E-state index contributed by atoms with van der Waals surface area (Å²) in [6.45, 7) is 2.02. The van der Waals surface area contributed by atoms with Gasteiger partial charge in [-0.25, -0.2) is 0 Å². The molecule has 2 rings (SSSR count). The van der Waals surface area contributed by atoms with E-state index in [1.54, 1.807) is 0 Å². The zero-order chi connectivity index (χ0) is 14.5. The monoisotopic (exact) mass is 271 g/mol. The Bertz CT molecular complexity index is 522. The van der Waals surface area contributed by atoms with Crippen molar-refractivity contribution in [2.45, 2.75) is 38.9 Å². The van der Waals surface area contributed by atoms with Gasteiger partial charge in [0.2, 0.25) is 0 Å². The molecule has 1 amide bonds.